The molecule has 0 aromatic heterocycles. The SMILES string of the molecule is O=C(O)c1cc(NC(=O)c2ccc(CO)cc2)cc(C(=O)O)c1. The minimum atomic E-state index is -1.30. The Morgan fingerprint density at radius 2 is 1.35 bits per heavy atom. The molecule has 23 heavy (non-hydrogen) atoms. The predicted molar refractivity (Wildman–Crippen MR) is 80.7 cm³/mol. The van der Waals surface area contributed by atoms with E-state index in [-0.39, 0.29) is 23.4 Å². The Bertz CT molecular complexity index is 734. The molecule has 118 valence electrons. The van der Waals surface area contributed by atoms with Crippen LogP contribution in [-0.4, -0.2) is 33.2 Å². The zero-order chi connectivity index (χ0) is 17.0. The molecule has 4 N–H and O–H groups in total. The maximum absolute atomic E-state index is 12.1. The van der Waals surface area contributed by atoms with Crippen LogP contribution < -0.4 is 5.32 Å². The van der Waals surface area contributed by atoms with Crippen LogP contribution in [0.3, 0.4) is 0 Å². The van der Waals surface area contributed by atoms with Gasteiger partial charge in [-0.3, -0.25) is 4.79 Å². The lowest BCUT2D eigenvalue weighted by Gasteiger charge is -2.08. The zero-order valence-electron chi connectivity index (χ0n) is 11.8. The number of amides is 1. The van der Waals surface area contributed by atoms with Crippen molar-refractivity contribution >= 4 is 23.5 Å². The molecular weight excluding hydrogens is 302 g/mol. The van der Waals surface area contributed by atoms with Crippen LogP contribution >= 0.6 is 0 Å². The molecule has 0 aliphatic heterocycles. The molecule has 0 aliphatic rings. The topological polar surface area (TPSA) is 124 Å². The third kappa shape index (κ3) is 3.92. The highest BCUT2D eigenvalue weighted by atomic mass is 16.4. The van der Waals surface area contributed by atoms with Gasteiger partial charge in [0.2, 0.25) is 0 Å². The van der Waals surface area contributed by atoms with Crippen molar-refractivity contribution in [2.24, 2.45) is 0 Å². The molecule has 0 saturated carbocycles. The number of anilines is 1. The molecule has 2 aromatic carbocycles. The number of carboxylic acids is 2. The van der Waals surface area contributed by atoms with Crippen molar-refractivity contribution in [3.63, 3.8) is 0 Å². The highest BCUT2D eigenvalue weighted by Gasteiger charge is 2.13. The minimum Gasteiger partial charge on any atom is -0.478 e. The Morgan fingerprint density at radius 3 is 1.78 bits per heavy atom. The summed E-state index contributed by atoms with van der Waals surface area (Å²) in [5.41, 5.74) is 0.521. The van der Waals surface area contributed by atoms with Gasteiger partial charge in [0.05, 0.1) is 17.7 Å². The average Bonchev–Trinajstić information content (AvgIpc) is 2.54. The number of aliphatic hydroxyl groups excluding tert-OH is 1. The molecule has 1 amide bonds. The fourth-order valence-electron chi connectivity index (χ4n) is 1.91. The van der Waals surface area contributed by atoms with Gasteiger partial charge in [-0.15, -0.1) is 0 Å². The number of rotatable bonds is 5. The molecule has 7 heteroatoms. The van der Waals surface area contributed by atoms with Crippen LogP contribution in [0, 0.1) is 0 Å². The maximum atomic E-state index is 12.1. The van der Waals surface area contributed by atoms with E-state index in [9.17, 15) is 14.4 Å². The monoisotopic (exact) mass is 315 g/mol. The largest absolute Gasteiger partial charge is 0.478 e. The number of carbonyl (C=O) groups is 3. The number of hydrogen-bond acceptors (Lipinski definition) is 4. The van der Waals surface area contributed by atoms with Crippen LogP contribution in [-0.2, 0) is 6.61 Å². The summed E-state index contributed by atoms with van der Waals surface area (Å²) < 4.78 is 0. The van der Waals surface area contributed by atoms with Crippen molar-refractivity contribution in [2.45, 2.75) is 6.61 Å². The Kier molecular flexibility index (Phi) is 4.72. The minimum absolute atomic E-state index is 0.0681. The number of aromatic carboxylic acids is 2. The van der Waals surface area contributed by atoms with Crippen LogP contribution in [0.1, 0.15) is 36.6 Å². The highest BCUT2D eigenvalue weighted by Crippen LogP contribution is 2.17. The summed E-state index contributed by atoms with van der Waals surface area (Å²) in [5, 5.41) is 29.4. The van der Waals surface area contributed by atoms with E-state index in [2.05, 4.69) is 5.32 Å². The van der Waals surface area contributed by atoms with Crippen LogP contribution in [0.2, 0.25) is 0 Å². The van der Waals surface area contributed by atoms with E-state index in [1.807, 2.05) is 0 Å². The van der Waals surface area contributed by atoms with E-state index in [4.69, 9.17) is 15.3 Å². The molecule has 0 fully saturated rings. The first-order valence-corrected chi connectivity index (χ1v) is 6.53. The molecule has 0 radical (unpaired) electrons. The Balaban J connectivity index is 2.28. The molecule has 0 unspecified atom stereocenters. The number of aliphatic hydroxyl groups is 1. The van der Waals surface area contributed by atoms with Gasteiger partial charge in [0.25, 0.3) is 5.91 Å². The zero-order valence-corrected chi connectivity index (χ0v) is 11.8. The van der Waals surface area contributed by atoms with Crippen molar-refractivity contribution in [2.75, 3.05) is 5.32 Å². The van der Waals surface area contributed by atoms with E-state index < -0.39 is 17.8 Å². The highest BCUT2D eigenvalue weighted by molar-refractivity contribution is 6.05. The molecular formula is C16H13NO6. The first-order chi connectivity index (χ1) is 10.9. The third-order valence-electron chi connectivity index (χ3n) is 3.08. The molecule has 0 bridgehead atoms. The van der Waals surface area contributed by atoms with Gasteiger partial charge in [0, 0.05) is 11.3 Å². The lowest BCUT2D eigenvalue weighted by atomic mass is 10.1. The van der Waals surface area contributed by atoms with Crippen LogP contribution in [0.5, 0.6) is 0 Å². The van der Waals surface area contributed by atoms with Gasteiger partial charge in [-0.25, -0.2) is 9.59 Å². The molecule has 0 saturated heterocycles. The summed E-state index contributed by atoms with van der Waals surface area (Å²) in [4.78, 5) is 34.2. The normalized spacial score (nSPS) is 10.1. The summed E-state index contributed by atoms with van der Waals surface area (Å²) in [6.45, 7) is -0.148. The number of nitrogens with one attached hydrogen (secondary N) is 1. The van der Waals surface area contributed by atoms with Gasteiger partial charge < -0.3 is 20.6 Å². The summed E-state index contributed by atoms with van der Waals surface area (Å²) in [7, 11) is 0. The Morgan fingerprint density at radius 1 is 0.826 bits per heavy atom. The molecule has 2 rings (SSSR count). The molecule has 2 aromatic rings. The van der Waals surface area contributed by atoms with E-state index in [1.54, 1.807) is 12.1 Å². The van der Waals surface area contributed by atoms with Crippen LogP contribution in [0.25, 0.3) is 0 Å². The lowest BCUT2D eigenvalue weighted by molar-refractivity contribution is 0.0696. The van der Waals surface area contributed by atoms with E-state index in [1.165, 1.54) is 24.3 Å². The number of carboxylic acid groups (broad SMARTS) is 2. The van der Waals surface area contributed by atoms with Crippen molar-refractivity contribution in [1.29, 1.82) is 0 Å². The first-order valence-electron chi connectivity index (χ1n) is 6.53. The van der Waals surface area contributed by atoms with E-state index >= 15 is 0 Å². The summed E-state index contributed by atoms with van der Waals surface area (Å²) >= 11 is 0. The smallest absolute Gasteiger partial charge is 0.335 e. The second kappa shape index (κ2) is 6.71. The molecule has 7 nitrogen and oxygen atoms in total. The lowest BCUT2D eigenvalue weighted by Crippen LogP contribution is -2.13. The average molecular weight is 315 g/mol. The first kappa shape index (κ1) is 16.2. The fraction of sp³-hybridized carbons (Fsp3) is 0.0625. The van der Waals surface area contributed by atoms with Gasteiger partial charge in [-0.05, 0) is 35.9 Å². The number of hydrogen-bond donors (Lipinski definition) is 4. The van der Waals surface area contributed by atoms with E-state index in [0.29, 0.717) is 11.1 Å². The number of carbonyl (C=O) groups excluding carboxylic acids is 1. The molecule has 0 spiro atoms. The Labute approximate surface area is 130 Å². The van der Waals surface area contributed by atoms with Crippen molar-refractivity contribution in [1.82, 2.24) is 0 Å². The van der Waals surface area contributed by atoms with Gasteiger partial charge >= 0.3 is 11.9 Å². The van der Waals surface area contributed by atoms with Crippen LogP contribution in [0.15, 0.2) is 42.5 Å². The molecule has 0 atom stereocenters. The van der Waals surface area contributed by atoms with Crippen LogP contribution in [0.4, 0.5) is 5.69 Å². The third-order valence-corrected chi connectivity index (χ3v) is 3.08. The van der Waals surface area contributed by atoms with Gasteiger partial charge in [0.15, 0.2) is 0 Å². The molecule has 0 heterocycles. The standard InChI is InChI=1S/C16H13NO6/c18-8-9-1-3-10(4-2-9)14(19)17-13-6-11(15(20)21)5-12(7-13)16(22)23/h1-7,18H,8H2,(H,17,19)(H,20,21)(H,22,23). The Hall–Kier alpha value is -3.19. The number of benzene rings is 2. The van der Waals surface area contributed by atoms with Gasteiger partial charge in [-0.1, -0.05) is 12.1 Å². The summed E-state index contributed by atoms with van der Waals surface area (Å²) in [5.74, 6) is -3.11. The van der Waals surface area contributed by atoms with Crippen molar-refractivity contribution in [3.05, 3.63) is 64.7 Å². The maximum Gasteiger partial charge on any atom is 0.335 e. The fourth-order valence-corrected chi connectivity index (χ4v) is 1.91. The second-order valence-electron chi connectivity index (χ2n) is 4.72. The summed E-state index contributed by atoms with van der Waals surface area (Å²) in [6.07, 6.45) is 0. The van der Waals surface area contributed by atoms with E-state index in [0.717, 1.165) is 6.07 Å². The summed E-state index contributed by atoms with van der Waals surface area (Å²) in [6, 6.07) is 9.51. The van der Waals surface area contributed by atoms with Crippen molar-refractivity contribution < 1.29 is 29.7 Å². The van der Waals surface area contributed by atoms with Gasteiger partial charge in [-0.2, -0.15) is 0 Å². The van der Waals surface area contributed by atoms with Gasteiger partial charge in [0.1, 0.15) is 0 Å². The van der Waals surface area contributed by atoms with Crippen molar-refractivity contribution in [3.8, 4) is 0 Å². The second-order valence-corrected chi connectivity index (χ2v) is 4.72. The molecule has 0 aliphatic carbocycles. The quantitative estimate of drug-likeness (QED) is 0.667. The predicted octanol–water partition coefficient (Wildman–Crippen LogP) is 1.83.